The second kappa shape index (κ2) is 3.17. The van der Waals surface area contributed by atoms with Crippen molar-refractivity contribution in [3.63, 3.8) is 0 Å². The fourth-order valence-corrected chi connectivity index (χ4v) is 1.81. The Morgan fingerprint density at radius 3 is 2.71 bits per heavy atom. The lowest BCUT2D eigenvalue weighted by molar-refractivity contribution is -0.138. The van der Waals surface area contributed by atoms with E-state index >= 15 is 0 Å². The van der Waals surface area contributed by atoms with Crippen molar-refractivity contribution in [3.05, 3.63) is 28.8 Å². The molecule has 14 heavy (non-hydrogen) atoms. The largest absolute Gasteiger partial charge is 0.508 e. The molecule has 0 amide bonds. The van der Waals surface area contributed by atoms with Crippen LogP contribution < -0.4 is 0 Å². The van der Waals surface area contributed by atoms with Crippen LogP contribution in [0.5, 0.6) is 5.75 Å². The van der Waals surface area contributed by atoms with Crippen LogP contribution in [0, 0.1) is 5.92 Å². The third-order valence-corrected chi connectivity index (χ3v) is 2.73. The SMILES string of the molecule is O=C(O)C1CC1c1ccc(Cl)cc1O. The molecule has 2 rings (SSSR count). The van der Waals surface area contributed by atoms with E-state index in [1.807, 2.05) is 0 Å². The maximum absolute atomic E-state index is 10.6. The number of halogens is 1. The van der Waals surface area contributed by atoms with E-state index in [-0.39, 0.29) is 17.6 Å². The molecule has 0 aliphatic heterocycles. The maximum atomic E-state index is 10.6. The normalized spacial score (nSPS) is 24.6. The molecule has 0 radical (unpaired) electrons. The summed E-state index contributed by atoms with van der Waals surface area (Å²) in [6.07, 6.45) is 0.602. The molecule has 0 heterocycles. The number of carbonyl (C=O) groups is 1. The first kappa shape index (κ1) is 9.34. The number of hydrogen-bond acceptors (Lipinski definition) is 2. The molecule has 74 valence electrons. The number of phenolic OH excluding ortho intramolecular Hbond substituents is 1. The van der Waals surface area contributed by atoms with Crippen molar-refractivity contribution in [2.45, 2.75) is 12.3 Å². The Kier molecular flexibility index (Phi) is 2.11. The summed E-state index contributed by atoms with van der Waals surface area (Å²) in [4.78, 5) is 10.6. The van der Waals surface area contributed by atoms with Crippen molar-refractivity contribution in [3.8, 4) is 5.75 Å². The summed E-state index contributed by atoms with van der Waals surface area (Å²) in [7, 11) is 0. The van der Waals surface area contributed by atoms with E-state index in [9.17, 15) is 9.90 Å². The molecule has 0 spiro atoms. The van der Waals surface area contributed by atoms with Crippen LogP contribution in [0.3, 0.4) is 0 Å². The van der Waals surface area contributed by atoms with Gasteiger partial charge in [0.1, 0.15) is 5.75 Å². The summed E-state index contributed by atoms with van der Waals surface area (Å²) in [5.74, 6) is -1.11. The molecule has 3 nitrogen and oxygen atoms in total. The molecule has 0 aromatic heterocycles. The van der Waals surface area contributed by atoms with Crippen molar-refractivity contribution >= 4 is 17.6 Å². The van der Waals surface area contributed by atoms with Gasteiger partial charge in [0.2, 0.25) is 0 Å². The van der Waals surface area contributed by atoms with Crippen LogP contribution in [-0.4, -0.2) is 16.2 Å². The number of aromatic hydroxyl groups is 1. The summed E-state index contributed by atoms with van der Waals surface area (Å²) >= 11 is 5.66. The van der Waals surface area contributed by atoms with Gasteiger partial charge in [0.25, 0.3) is 0 Å². The minimum absolute atomic E-state index is 0.0511. The Bertz CT molecular complexity index is 389. The first-order chi connectivity index (χ1) is 6.59. The third kappa shape index (κ3) is 1.55. The van der Waals surface area contributed by atoms with Gasteiger partial charge in [-0.3, -0.25) is 4.79 Å². The van der Waals surface area contributed by atoms with Crippen molar-refractivity contribution in [2.75, 3.05) is 0 Å². The van der Waals surface area contributed by atoms with Crippen molar-refractivity contribution < 1.29 is 15.0 Å². The van der Waals surface area contributed by atoms with Crippen molar-refractivity contribution in [2.24, 2.45) is 5.92 Å². The van der Waals surface area contributed by atoms with E-state index in [2.05, 4.69) is 0 Å². The molecule has 2 atom stereocenters. The maximum Gasteiger partial charge on any atom is 0.307 e. The highest BCUT2D eigenvalue weighted by molar-refractivity contribution is 6.30. The predicted octanol–water partition coefficient (Wildman–Crippen LogP) is 2.23. The van der Waals surface area contributed by atoms with Gasteiger partial charge < -0.3 is 10.2 Å². The highest BCUT2D eigenvalue weighted by atomic mass is 35.5. The molecule has 1 aliphatic rings. The lowest BCUT2D eigenvalue weighted by Crippen LogP contribution is -1.98. The number of hydrogen-bond donors (Lipinski definition) is 2. The summed E-state index contributed by atoms with van der Waals surface area (Å²) < 4.78 is 0. The van der Waals surface area contributed by atoms with Gasteiger partial charge in [-0.25, -0.2) is 0 Å². The first-order valence-corrected chi connectivity index (χ1v) is 4.68. The standard InChI is InChI=1S/C10H9ClO3/c11-5-1-2-6(9(12)3-5)7-4-8(7)10(13)14/h1-3,7-8,12H,4H2,(H,13,14). The minimum Gasteiger partial charge on any atom is -0.508 e. The predicted molar refractivity (Wildman–Crippen MR) is 51.6 cm³/mol. The van der Waals surface area contributed by atoms with Gasteiger partial charge in [-0.15, -0.1) is 0 Å². The Labute approximate surface area is 85.9 Å². The van der Waals surface area contributed by atoms with Crippen molar-refractivity contribution in [1.82, 2.24) is 0 Å². The number of aliphatic carboxylic acids is 1. The van der Waals surface area contributed by atoms with Crippen LogP contribution >= 0.6 is 11.6 Å². The van der Waals surface area contributed by atoms with Crippen LogP contribution in [0.2, 0.25) is 5.02 Å². The van der Waals surface area contributed by atoms with Crippen LogP contribution in [-0.2, 0) is 4.79 Å². The van der Waals surface area contributed by atoms with Crippen LogP contribution in [0.4, 0.5) is 0 Å². The van der Waals surface area contributed by atoms with Gasteiger partial charge in [-0.1, -0.05) is 17.7 Å². The van der Waals surface area contributed by atoms with Gasteiger partial charge in [0, 0.05) is 10.9 Å². The van der Waals surface area contributed by atoms with E-state index in [0.717, 1.165) is 0 Å². The third-order valence-electron chi connectivity index (χ3n) is 2.50. The van der Waals surface area contributed by atoms with Gasteiger partial charge in [0.05, 0.1) is 5.92 Å². The van der Waals surface area contributed by atoms with E-state index < -0.39 is 5.97 Å². The molecule has 0 bridgehead atoms. The Hall–Kier alpha value is -1.22. The Morgan fingerprint density at radius 2 is 2.21 bits per heavy atom. The van der Waals surface area contributed by atoms with E-state index in [1.54, 1.807) is 12.1 Å². The molecule has 1 aliphatic carbocycles. The van der Waals surface area contributed by atoms with Gasteiger partial charge in [0.15, 0.2) is 0 Å². The number of phenols is 1. The fourth-order valence-electron chi connectivity index (χ4n) is 1.64. The van der Waals surface area contributed by atoms with Crippen LogP contribution in [0.15, 0.2) is 18.2 Å². The topological polar surface area (TPSA) is 57.5 Å². The molecular weight excluding hydrogens is 204 g/mol. The van der Waals surface area contributed by atoms with Gasteiger partial charge >= 0.3 is 5.97 Å². The zero-order chi connectivity index (χ0) is 10.3. The molecule has 2 unspecified atom stereocenters. The zero-order valence-electron chi connectivity index (χ0n) is 7.27. The Balaban J connectivity index is 2.23. The second-order valence-corrected chi connectivity index (χ2v) is 3.93. The van der Waals surface area contributed by atoms with Crippen LogP contribution in [0.1, 0.15) is 17.9 Å². The number of rotatable bonds is 2. The van der Waals surface area contributed by atoms with Crippen molar-refractivity contribution in [1.29, 1.82) is 0 Å². The second-order valence-electron chi connectivity index (χ2n) is 3.49. The monoisotopic (exact) mass is 212 g/mol. The average molecular weight is 213 g/mol. The summed E-state index contributed by atoms with van der Waals surface area (Å²) in [5.41, 5.74) is 0.682. The molecule has 0 saturated heterocycles. The van der Waals surface area contributed by atoms with Gasteiger partial charge in [-0.05, 0) is 24.1 Å². The summed E-state index contributed by atoms with van der Waals surface area (Å²) in [6, 6.07) is 4.78. The summed E-state index contributed by atoms with van der Waals surface area (Å²) in [5, 5.41) is 18.7. The van der Waals surface area contributed by atoms with E-state index in [1.165, 1.54) is 6.07 Å². The quantitative estimate of drug-likeness (QED) is 0.791. The van der Waals surface area contributed by atoms with Gasteiger partial charge in [-0.2, -0.15) is 0 Å². The lowest BCUT2D eigenvalue weighted by Gasteiger charge is -2.02. The molecule has 1 saturated carbocycles. The molecule has 2 N–H and O–H groups in total. The molecule has 4 heteroatoms. The molecule has 1 fully saturated rings. The molecular formula is C10H9ClO3. The minimum atomic E-state index is -0.802. The zero-order valence-corrected chi connectivity index (χ0v) is 8.03. The number of carboxylic acid groups (broad SMARTS) is 1. The van der Waals surface area contributed by atoms with Crippen LogP contribution in [0.25, 0.3) is 0 Å². The van der Waals surface area contributed by atoms with E-state index in [4.69, 9.17) is 16.7 Å². The first-order valence-electron chi connectivity index (χ1n) is 4.31. The molecule has 1 aromatic rings. The lowest BCUT2D eigenvalue weighted by atomic mass is 10.1. The highest BCUT2D eigenvalue weighted by Gasteiger charge is 2.45. The average Bonchev–Trinajstić information content (AvgIpc) is 2.83. The van der Waals surface area contributed by atoms with E-state index in [0.29, 0.717) is 17.0 Å². The summed E-state index contributed by atoms with van der Waals surface area (Å²) in [6.45, 7) is 0. The smallest absolute Gasteiger partial charge is 0.307 e. The molecule has 1 aromatic carbocycles. The fraction of sp³-hybridized carbons (Fsp3) is 0.300. The number of carboxylic acids is 1. The number of benzene rings is 1. The Morgan fingerprint density at radius 1 is 1.50 bits per heavy atom. The highest BCUT2D eigenvalue weighted by Crippen LogP contribution is 2.50.